The minimum atomic E-state index is -0.609. The molecule has 1 aromatic heterocycles. The molecule has 0 atom stereocenters. The number of nitrogens with zero attached hydrogens (tertiary/aromatic N) is 3. The summed E-state index contributed by atoms with van der Waals surface area (Å²) in [5.41, 5.74) is 4.38. The van der Waals surface area contributed by atoms with Crippen molar-refractivity contribution in [3.05, 3.63) is 86.8 Å². The van der Waals surface area contributed by atoms with Crippen LogP contribution in [0.2, 0.25) is 0 Å². The number of amides is 2. The van der Waals surface area contributed by atoms with Gasteiger partial charge in [-0.05, 0) is 51.0 Å². The van der Waals surface area contributed by atoms with Gasteiger partial charge >= 0.3 is 0 Å². The van der Waals surface area contributed by atoms with Gasteiger partial charge in [-0.15, -0.1) is 0 Å². The molecular weight excluding hydrogens is 392 g/mol. The van der Waals surface area contributed by atoms with Gasteiger partial charge in [0.15, 0.2) is 5.69 Å². The van der Waals surface area contributed by atoms with Crippen molar-refractivity contribution in [1.82, 2.24) is 14.7 Å². The topological polar surface area (TPSA) is 84.3 Å². The Morgan fingerprint density at radius 3 is 2.23 bits per heavy atom. The maximum atomic E-state index is 12.9. The van der Waals surface area contributed by atoms with Gasteiger partial charge in [0, 0.05) is 24.5 Å². The molecule has 7 nitrogen and oxygen atoms in total. The van der Waals surface area contributed by atoms with E-state index in [4.69, 9.17) is 0 Å². The lowest BCUT2D eigenvalue weighted by molar-refractivity contribution is -0.116. The molecule has 0 bridgehead atoms. The van der Waals surface area contributed by atoms with E-state index in [0.717, 1.165) is 28.1 Å². The lowest BCUT2D eigenvalue weighted by atomic mass is 10.1. The third-order valence-electron chi connectivity index (χ3n) is 4.98. The third-order valence-corrected chi connectivity index (χ3v) is 4.98. The summed E-state index contributed by atoms with van der Waals surface area (Å²) in [4.78, 5) is 39.1. The van der Waals surface area contributed by atoms with Gasteiger partial charge in [0.2, 0.25) is 11.3 Å². The standard InChI is InChI=1S/C24H26N4O3/c1-15-11-16(2)22(17(3)12-15)25-21(30)14-27(5)24(31)23-20(29)13-18(4)28(26-23)19-9-7-6-8-10-19/h6-13H,14H2,1-5H3,(H,25,30). The van der Waals surface area contributed by atoms with Crippen molar-refractivity contribution in [3.63, 3.8) is 0 Å². The van der Waals surface area contributed by atoms with Gasteiger partial charge in [0.1, 0.15) is 0 Å². The molecule has 0 saturated carbocycles. The van der Waals surface area contributed by atoms with E-state index in [1.807, 2.05) is 63.2 Å². The quantitative estimate of drug-likeness (QED) is 0.690. The Kier molecular flexibility index (Phi) is 6.34. The largest absolute Gasteiger partial charge is 0.331 e. The minimum Gasteiger partial charge on any atom is -0.331 e. The second-order valence-corrected chi connectivity index (χ2v) is 7.73. The normalized spacial score (nSPS) is 10.6. The molecule has 0 unspecified atom stereocenters. The van der Waals surface area contributed by atoms with Gasteiger partial charge in [0.25, 0.3) is 5.91 Å². The van der Waals surface area contributed by atoms with Crippen molar-refractivity contribution in [3.8, 4) is 5.69 Å². The van der Waals surface area contributed by atoms with Gasteiger partial charge in [0.05, 0.1) is 12.2 Å². The van der Waals surface area contributed by atoms with Crippen LogP contribution in [0.3, 0.4) is 0 Å². The van der Waals surface area contributed by atoms with E-state index < -0.39 is 11.3 Å². The van der Waals surface area contributed by atoms with Crippen LogP contribution in [0.1, 0.15) is 32.9 Å². The predicted molar refractivity (Wildman–Crippen MR) is 121 cm³/mol. The zero-order valence-electron chi connectivity index (χ0n) is 18.4. The summed E-state index contributed by atoms with van der Waals surface area (Å²) in [5.74, 6) is -0.955. The van der Waals surface area contributed by atoms with Gasteiger partial charge in [-0.3, -0.25) is 14.4 Å². The average Bonchev–Trinajstić information content (AvgIpc) is 2.71. The van der Waals surface area contributed by atoms with E-state index in [-0.39, 0.29) is 18.1 Å². The number of carbonyl (C=O) groups excluding carboxylic acids is 2. The Balaban J connectivity index is 1.80. The fourth-order valence-corrected chi connectivity index (χ4v) is 3.55. The molecule has 1 N–H and O–H groups in total. The summed E-state index contributed by atoms with van der Waals surface area (Å²) in [6, 6.07) is 14.6. The lowest BCUT2D eigenvalue weighted by Gasteiger charge is -2.19. The van der Waals surface area contributed by atoms with E-state index in [2.05, 4.69) is 10.4 Å². The number of likely N-dealkylation sites (N-methyl/N-ethyl adjacent to an activating group) is 1. The van der Waals surface area contributed by atoms with Crippen molar-refractivity contribution < 1.29 is 9.59 Å². The molecule has 2 aromatic carbocycles. The van der Waals surface area contributed by atoms with E-state index in [1.54, 1.807) is 11.6 Å². The first-order valence-electron chi connectivity index (χ1n) is 9.97. The van der Waals surface area contributed by atoms with Gasteiger partial charge in [-0.2, -0.15) is 5.10 Å². The number of rotatable bonds is 5. The summed E-state index contributed by atoms with van der Waals surface area (Å²) in [6.45, 7) is 7.39. The number of nitrogens with one attached hydrogen (secondary N) is 1. The Labute approximate surface area is 181 Å². The zero-order chi connectivity index (χ0) is 22.7. The number of hydrogen-bond acceptors (Lipinski definition) is 4. The SMILES string of the molecule is Cc1cc(C)c(NC(=O)CN(C)C(=O)c2nn(-c3ccccc3)c(C)cc2=O)c(C)c1. The van der Waals surface area contributed by atoms with E-state index in [0.29, 0.717) is 5.69 Å². The molecule has 7 heteroatoms. The third kappa shape index (κ3) is 4.88. The second kappa shape index (κ2) is 8.95. The second-order valence-electron chi connectivity index (χ2n) is 7.73. The van der Waals surface area contributed by atoms with Gasteiger partial charge < -0.3 is 10.2 Å². The van der Waals surface area contributed by atoms with Crippen molar-refractivity contribution in [1.29, 1.82) is 0 Å². The smallest absolute Gasteiger partial charge is 0.278 e. The fraction of sp³-hybridized carbons (Fsp3) is 0.250. The molecule has 1 heterocycles. The molecule has 0 spiro atoms. The molecule has 2 amide bonds. The molecule has 0 fully saturated rings. The number of carbonyl (C=O) groups is 2. The molecular formula is C24H26N4O3. The van der Waals surface area contributed by atoms with Crippen LogP contribution in [0.5, 0.6) is 0 Å². The van der Waals surface area contributed by atoms with Crippen LogP contribution in [0.4, 0.5) is 5.69 Å². The number of benzene rings is 2. The molecule has 160 valence electrons. The van der Waals surface area contributed by atoms with Crippen molar-refractivity contribution in [2.75, 3.05) is 18.9 Å². The molecule has 0 aliphatic rings. The van der Waals surface area contributed by atoms with E-state index >= 15 is 0 Å². The van der Waals surface area contributed by atoms with Crippen LogP contribution < -0.4 is 10.7 Å². The van der Waals surface area contributed by atoms with E-state index in [9.17, 15) is 14.4 Å². The number of hydrogen-bond donors (Lipinski definition) is 1. The molecule has 0 saturated heterocycles. The maximum absolute atomic E-state index is 12.9. The molecule has 3 rings (SSSR count). The van der Waals surface area contributed by atoms with Crippen LogP contribution in [0.15, 0.2) is 53.3 Å². The Morgan fingerprint density at radius 1 is 1.00 bits per heavy atom. The predicted octanol–water partition coefficient (Wildman–Crippen LogP) is 3.18. The highest BCUT2D eigenvalue weighted by Gasteiger charge is 2.21. The molecule has 0 aliphatic carbocycles. The fourth-order valence-electron chi connectivity index (χ4n) is 3.55. The van der Waals surface area contributed by atoms with Gasteiger partial charge in [-0.25, -0.2) is 4.68 Å². The highest BCUT2D eigenvalue weighted by molar-refractivity contribution is 5.98. The van der Waals surface area contributed by atoms with Crippen molar-refractivity contribution in [2.24, 2.45) is 0 Å². The Hall–Kier alpha value is -3.74. The first-order chi connectivity index (χ1) is 14.7. The molecule has 0 aliphatic heterocycles. The lowest BCUT2D eigenvalue weighted by Crippen LogP contribution is -2.38. The highest BCUT2D eigenvalue weighted by atomic mass is 16.2. The summed E-state index contributed by atoms with van der Waals surface area (Å²) in [7, 11) is 1.48. The summed E-state index contributed by atoms with van der Waals surface area (Å²) in [6.07, 6.45) is 0. The van der Waals surface area contributed by atoms with E-state index in [1.165, 1.54) is 18.0 Å². The summed E-state index contributed by atoms with van der Waals surface area (Å²) < 4.78 is 1.54. The van der Waals surface area contributed by atoms with Crippen molar-refractivity contribution in [2.45, 2.75) is 27.7 Å². The minimum absolute atomic E-state index is 0.202. The van der Waals surface area contributed by atoms with Gasteiger partial charge in [-0.1, -0.05) is 35.9 Å². The maximum Gasteiger partial charge on any atom is 0.278 e. The number of anilines is 1. The van der Waals surface area contributed by atoms with Crippen LogP contribution in [0.25, 0.3) is 5.69 Å². The zero-order valence-corrected chi connectivity index (χ0v) is 18.4. The number of para-hydroxylation sites is 1. The summed E-state index contributed by atoms with van der Waals surface area (Å²) in [5, 5.41) is 7.14. The highest BCUT2D eigenvalue weighted by Crippen LogP contribution is 2.21. The summed E-state index contributed by atoms with van der Waals surface area (Å²) >= 11 is 0. The van der Waals surface area contributed by atoms with Crippen LogP contribution >= 0.6 is 0 Å². The van der Waals surface area contributed by atoms with Crippen LogP contribution in [-0.4, -0.2) is 40.1 Å². The molecule has 31 heavy (non-hydrogen) atoms. The number of aryl methyl sites for hydroxylation is 4. The molecule has 0 radical (unpaired) electrons. The first-order valence-corrected chi connectivity index (χ1v) is 9.97. The monoisotopic (exact) mass is 418 g/mol. The first kappa shape index (κ1) is 22.0. The molecule has 3 aromatic rings. The average molecular weight is 418 g/mol. The number of aromatic nitrogens is 2. The van der Waals surface area contributed by atoms with Crippen molar-refractivity contribution >= 4 is 17.5 Å². The van der Waals surface area contributed by atoms with Crippen LogP contribution in [0, 0.1) is 27.7 Å². The van der Waals surface area contributed by atoms with Crippen LogP contribution in [-0.2, 0) is 4.79 Å². The Morgan fingerprint density at radius 2 is 1.61 bits per heavy atom. The Bertz CT molecular complexity index is 1180.